The molecule has 9 heteroatoms. The van der Waals surface area contributed by atoms with Crippen LogP contribution in [0.2, 0.25) is 0 Å². The van der Waals surface area contributed by atoms with Gasteiger partial charge in [0.25, 0.3) is 5.91 Å². The Morgan fingerprint density at radius 2 is 2.00 bits per heavy atom. The number of carbonyl (C=O) groups is 1. The smallest absolute Gasteiger partial charge is 0.251 e. The van der Waals surface area contributed by atoms with E-state index < -0.39 is 0 Å². The molecule has 3 aromatic heterocycles. The minimum Gasteiger partial charge on any atom is -0.492 e. The molecule has 0 saturated heterocycles. The van der Waals surface area contributed by atoms with Crippen LogP contribution in [-0.2, 0) is 19.5 Å². The van der Waals surface area contributed by atoms with Crippen molar-refractivity contribution < 1.29 is 9.53 Å². The van der Waals surface area contributed by atoms with Crippen LogP contribution >= 0.6 is 0 Å². The molecule has 0 unspecified atom stereocenters. The average molecular weight is 427 g/mol. The maximum Gasteiger partial charge on any atom is 0.251 e. The van der Waals surface area contributed by atoms with Gasteiger partial charge in [0.15, 0.2) is 0 Å². The van der Waals surface area contributed by atoms with Crippen molar-refractivity contribution in [3.8, 4) is 16.9 Å². The topological polar surface area (TPSA) is 118 Å². The highest BCUT2D eigenvalue weighted by Gasteiger charge is 2.22. The average Bonchev–Trinajstić information content (AvgIpc) is 3.55. The van der Waals surface area contributed by atoms with E-state index in [4.69, 9.17) is 4.74 Å². The number of ether oxygens (including phenoxy) is 1. The molecule has 4 aromatic rings. The Hall–Kier alpha value is -4.27. The van der Waals surface area contributed by atoms with Crippen LogP contribution in [0.1, 0.15) is 27.0 Å². The normalized spacial score (nSPS) is 12.1. The number of hydrogen-bond acceptors (Lipinski definition) is 7. The number of pyridine rings is 1. The summed E-state index contributed by atoms with van der Waals surface area (Å²) < 4.78 is 5.88. The first-order valence-electron chi connectivity index (χ1n) is 10.3. The molecule has 160 valence electrons. The van der Waals surface area contributed by atoms with Crippen molar-refractivity contribution in [3.05, 3.63) is 83.8 Å². The fourth-order valence-corrected chi connectivity index (χ4v) is 3.66. The summed E-state index contributed by atoms with van der Waals surface area (Å²) in [5.41, 5.74) is 5.36. The maximum absolute atomic E-state index is 12.5. The molecule has 0 atom stereocenters. The molecule has 5 rings (SSSR count). The molecular weight excluding hydrogens is 406 g/mol. The third kappa shape index (κ3) is 4.13. The number of amides is 1. The molecular formula is C23H21N7O2. The first kappa shape index (κ1) is 19.7. The predicted molar refractivity (Wildman–Crippen MR) is 118 cm³/mol. The van der Waals surface area contributed by atoms with Crippen LogP contribution in [0.4, 0.5) is 5.82 Å². The van der Waals surface area contributed by atoms with Crippen molar-refractivity contribution in [1.29, 1.82) is 0 Å². The monoisotopic (exact) mass is 427 g/mol. The quantitative estimate of drug-likeness (QED) is 0.415. The SMILES string of the molecule is O=C(NCc1cncnc1)c1cccc(CNc2ncc(-c3cn[nH]c3)c3c2CCO3)c1. The number of carbonyl (C=O) groups excluding carboxylic acids is 1. The second-order valence-corrected chi connectivity index (χ2v) is 7.40. The Balaban J connectivity index is 1.27. The molecule has 1 aromatic carbocycles. The Kier molecular flexibility index (Phi) is 5.44. The van der Waals surface area contributed by atoms with E-state index in [1.807, 2.05) is 24.4 Å². The van der Waals surface area contributed by atoms with Gasteiger partial charge in [-0.05, 0) is 17.7 Å². The molecule has 4 heterocycles. The van der Waals surface area contributed by atoms with E-state index in [9.17, 15) is 4.79 Å². The number of rotatable bonds is 7. The molecule has 0 spiro atoms. The Morgan fingerprint density at radius 1 is 1.09 bits per heavy atom. The van der Waals surface area contributed by atoms with Gasteiger partial charge in [-0.1, -0.05) is 12.1 Å². The second kappa shape index (κ2) is 8.84. The first-order chi connectivity index (χ1) is 15.8. The third-order valence-electron chi connectivity index (χ3n) is 5.25. The van der Waals surface area contributed by atoms with Crippen LogP contribution in [0.15, 0.2) is 61.6 Å². The van der Waals surface area contributed by atoms with Gasteiger partial charge in [-0.15, -0.1) is 0 Å². The largest absolute Gasteiger partial charge is 0.492 e. The molecule has 1 aliphatic heterocycles. The van der Waals surface area contributed by atoms with Gasteiger partial charge in [0.1, 0.15) is 17.9 Å². The lowest BCUT2D eigenvalue weighted by molar-refractivity contribution is 0.0950. The molecule has 0 aliphatic carbocycles. The van der Waals surface area contributed by atoms with Crippen molar-refractivity contribution in [2.45, 2.75) is 19.5 Å². The summed E-state index contributed by atoms with van der Waals surface area (Å²) in [6, 6.07) is 7.52. The fourth-order valence-electron chi connectivity index (χ4n) is 3.66. The summed E-state index contributed by atoms with van der Waals surface area (Å²) in [5.74, 6) is 1.50. The summed E-state index contributed by atoms with van der Waals surface area (Å²) in [6.07, 6.45) is 11.0. The second-order valence-electron chi connectivity index (χ2n) is 7.40. The van der Waals surface area contributed by atoms with Gasteiger partial charge in [0, 0.05) is 72.1 Å². The van der Waals surface area contributed by atoms with E-state index in [-0.39, 0.29) is 5.91 Å². The Labute approximate surface area is 184 Å². The highest BCUT2D eigenvalue weighted by molar-refractivity contribution is 5.94. The number of benzene rings is 1. The van der Waals surface area contributed by atoms with Crippen molar-refractivity contribution in [2.24, 2.45) is 0 Å². The Morgan fingerprint density at radius 3 is 2.84 bits per heavy atom. The van der Waals surface area contributed by atoms with E-state index >= 15 is 0 Å². The lowest BCUT2D eigenvalue weighted by Gasteiger charge is -2.12. The summed E-state index contributed by atoms with van der Waals surface area (Å²) in [6.45, 7) is 1.54. The van der Waals surface area contributed by atoms with Gasteiger partial charge in [-0.25, -0.2) is 15.0 Å². The molecule has 32 heavy (non-hydrogen) atoms. The van der Waals surface area contributed by atoms with Crippen molar-refractivity contribution >= 4 is 11.7 Å². The number of H-pyrrole nitrogens is 1. The first-order valence-corrected chi connectivity index (χ1v) is 10.3. The van der Waals surface area contributed by atoms with Gasteiger partial charge in [-0.3, -0.25) is 9.89 Å². The predicted octanol–water partition coefficient (Wildman–Crippen LogP) is 2.74. The zero-order valence-electron chi connectivity index (χ0n) is 17.2. The van der Waals surface area contributed by atoms with Crippen molar-refractivity contribution in [3.63, 3.8) is 0 Å². The number of nitrogens with one attached hydrogen (secondary N) is 3. The summed E-state index contributed by atoms with van der Waals surface area (Å²) in [7, 11) is 0. The highest BCUT2D eigenvalue weighted by atomic mass is 16.5. The van der Waals surface area contributed by atoms with Gasteiger partial charge in [0.05, 0.1) is 12.8 Å². The van der Waals surface area contributed by atoms with Gasteiger partial charge in [-0.2, -0.15) is 5.10 Å². The minimum atomic E-state index is -0.146. The minimum absolute atomic E-state index is 0.146. The van der Waals surface area contributed by atoms with E-state index in [1.54, 1.807) is 30.9 Å². The molecule has 3 N–H and O–H groups in total. The summed E-state index contributed by atoms with van der Waals surface area (Å²) in [4.78, 5) is 25.1. The van der Waals surface area contributed by atoms with Gasteiger partial charge < -0.3 is 15.4 Å². The zero-order valence-corrected chi connectivity index (χ0v) is 17.2. The van der Waals surface area contributed by atoms with E-state index in [0.717, 1.165) is 45.8 Å². The number of fused-ring (bicyclic) bond motifs is 1. The molecule has 0 radical (unpaired) electrons. The van der Waals surface area contributed by atoms with E-state index in [2.05, 4.69) is 35.8 Å². The Bertz CT molecular complexity index is 1230. The van der Waals surface area contributed by atoms with Crippen LogP contribution in [0.5, 0.6) is 5.75 Å². The van der Waals surface area contributed by atoms with Gasteiger partial charge in [0.2, 0.25) is 0 Å². The number of nitrogens with zero attached hydrogens (tertiary/aromatic N) is 4. The molecule has 1 aliphatic rings. The third-order valence-corrected chi connectivity index (χ3v) is 5.25. The van der Waals surface area contributed by atoms with Crippen LogP contribution in [-0.4, -0.2) is 37.7 Å². The number of hydrogen-bond donors (Lipinski definition) is 3. The lowest BCUT2D eigenvalue weighted by Crippen LogP contribution is -2.23. The molecule has 0 saturated carbocycles. The summed E-state index contributed by atoms with van der Waals surface area (Å²) in [5, 5.41) is 13.1. The standard InChI is InChI=1S/C23H21N7O2/c31-23(28-10-16-7-24-14-25-8-16)17-3-1-2-15(6-17)9-26-22-19-4-5-32-21(19)20(13-27-22)18-11-29-30-12-18/h1-3,6-8,11-14H,4-5,9-10H2,(H,26,27)(H,28,31)(H,29,30). The number of aromatic nitrogens is 5. The van der Waals surface area contributed by atoms with E-state index in [0.29, 0.717) is 25.3 Å². The number of anilines is 1. The van der Waals surface area contributed by atoms with Gasteiger partial charge >= 0.3 is 0 Å². The van der Waals surface area contributed by atoms with Crippen molar-refractivity contribution in [1.82, 2.24) is 30.5 Å². The summed E-state index contributed by atoms with van der Waals surface area (Å²) >= 11 is 0. The van der Waals surface area contributed by atoms with Crippen LogP contribution in [0.3, 0.4) is 0 Å². The van der Waals surface area contributed by atoms with Crippen LogP contribution in [0, 0.1) is 0 Å². The molecule has 9 nitrogen and oxygen atoms in total. The molecule has 0 fully saturated rings. The molecule has 0 bridgehead atoms. The highest BCUT2D eigenvalue weighted by Crippen LogP contribution is 2.39. The lowest BCUT2D eigenvalue weighted by atomic mass is 10.1. The van der Waals surface area contributed by atoms with Crippen LogP contribution < -0.4 is 15.4 Å². The zero-order chi connectivity index (χ0) is 21.8. The van der Waals surface area contributed by atoms with Crippen molar-refractivity contribution in [2.75, 3.05) is 11.9 Å². The number of aromatic amines is 1. The van der Waals surface area contributed by atoms with E-state index in [1.165, 1.54) is 6.33 Å². The fraction of sp³-hybridized carbons (Fsp3) is 0.174. The van der Waals surface area contributed by atoms with Crippen LogP contribution in [0.25, 0.3) is 11.1 Å². The molecule has 1 amide bonds. The maximum atomic E-state index is 12.5.